The molecule has 3 aromatic rings. The molecule has 0 radical (unpaired) electrons. The fourth-order valence-corrected chi connectivity index (χ4v) is 2.51. The number of pyridine rings is 1. The molecule has 27 heavy (non-hydrogen) atoms. The van der Waals surface area contributed by atoms with Gasteiger partial charge >= 0.3 is 0 Å². The maximum atomic E-state index is 12.1. The molecule has 0 unspecified atom stereocenters. The normalized spacial score (nSPS) is 10.3. The van der Waals surface area contributed by atoms with Crippen LogP contribution in [0.1, 0.15) is 20.8 Å². The molecular formula is C19H15ClN4O3. The Hall–Kier alpha value is -3.45. The van der Waals surface area contributed by atoms with Crippen molar-refractivity contribution in [3.63, 3.8) is 0 Å². The number of hydrogen-bond donors (Lipinski definition) is 3. The van der Waals surface area contributed by atoms with Crippen molar-refractivity contribution < 1.29 is 14.4 Å². The monoisotopic (exact) mass is 382 g/mol. The quantitative estimate of drug-likeness (QED) is 0.601. The van der Waals surface area contributed by atoms with E-state index in [-0.39, 0.29) is 12.2 Å². The van der Waals surface area contributed by atoms with E-state index in [0.29, 0.717) is 16.1 Å². The summed E-state index contributed by atoms with van der Waals surface area (Å²) in [4.78, 5) is 40.1. The van der Waals surface area contributed by atoms with Crippen LogP contribution >= 0.6 is 11.6 Å². The van der Waals surface area contributed by atoms with Crippen molar-refractivity contribution in [2.24, 2.45) is 0 Å². The number of benzene rings is 2. The van der Waals surface area contributed by atoms with Gasteiger partial charge in [0.2, 0.25) is 0 Å². The first-order valence-corrected chi connectivity index (χ1v) is 8.39. The summed E-state index contributed by atoms with van der Waals surface area (Å²) < 4.78 is 0. The van der Waals surface area contributed by atoms with E-state index >= 15 is 0 Å². The average Bonchev–Trinajstić information content (AvgIpc) is 2.69. The number of hydrogen-bond acceptors (Lipinski definition) is 4. The molecule has 1 heterocycles. The first-order chi connectivity index (χ1) is 13.0. The zero-order chi connectivity index (χ0) is 19.2. The molecule has 1 aromatic heterocycles. The number of halogens is 1. The van der Waals surface area contributed by atoms with Crippen LogP contribution in [-0.2, 0) is 4.79 Å². The van der Waals surface area contributed by atoms with Crippen LogP contribution in [0.4, 0.5) is 0 Å². The lowest BCUT2D eigenvalue weighted by molar-refractivity contribution is -0.120. The van der Waals surface area contributed by atoms with Crippen LogP contribution in [-0.4, -0.2) is 29.3 Å². The van der Waals surface area contributed by atoms with Crippen LogP contribution in [0.5, 0.6) is 0 Å². The molecule has 0 aliphatic rings. The summed E-state index contributed by atoms with van der Waals surface area (Å²) in [5.41, 5.74) is 5.66. The third-order valence-corrected chi connectivity index (χ3v) is 3.88. The third kappa shape index (κ3) is 4.80. The molecule has 8 heteroatoms. The Kier molecular flexibility index (Phi) is 5.63. The largest absolute Gasteiger partial charge is 0.343 e. The lowest BCUT2D eigenvalue weighted by atomic mass is 10.2. The van der Waals surface area contributed by atoms with Gasteiger partial charge < -0.3 is 5.32 Å². The molecule has 0 aliphatic carbocycles. The van der Waals surface area contributed by atoms with Gasteiger partial charge in [0.15, 0.2) is 0 Å². The van der Waals surface area contributed by atoms with Crippen molar-refractivity contribution in [1.29, 1.82) is 0 Å². The molecule has 0 atom stereocenters. The minimum atomic E-state index is -0.584. The van der Waals surface area contributed by atoms with Gasteiger partial charge in [0, 0.05) is 16.0 Å². The van der Waals surface area contributed by atoms with Crippen LogP contribution in [0.2, 0.25) is 5.02 Å². The standard InChI is InChI=1S/C19H15ClN4O3/c20-14-6-3-5-13(10-14)18(26)21-11-17(25)23-24-19(27)16-9-8-12-4-1-2-7-15(12)22-16/h1-10H,11H2,(H,21,26)(H,23,25)(H,24,27). The first kappa shape index (κ1) is 18.3. The van der Waals surface area contributed by atoms with Gasteiger partial charge in [-0.2, -0.15) is 0 Å². The summed E-state index contributed by atoms with van der Waals surface area (Å²) in [7, 11) is 0. The zero-order valence-electron chi connectivity index (χ0n) is 14.0. The van der Waals surface area contributed by atoms with E-state index in [1.54, 1.807) is 36.4 Å². The SMILES string of the molecule is O=C(CNC(=O)c1cccc(Cl)c1)NNC(=O)c1ccc2ccccc2n1. The van der Waals surface area contributed by atoms with Gasteiger partial charge in [-0.05, 0) is 30.3 Å². The minimum Gasteiger partial charge on any atom is -0.343 e. The summed E-state index contributed by atoms with van der Waals surface area (Å²) >= 11 is 5.82. The van der Waals surface area contributed by atoms with Gasteiger partial charge in [-0.3, -0.25) is 25.2 Å². The second kappa shape index (κ2) is 8.29. The maximum Gasteiger partial charge on any atom is 0.288 e. The molecule has 0 aliphatic heterocycles. The summed E-state index contributed by atoms with van der Waals surface area (Å²) in [6.07, 6.45) is 0. The summed E-state index contributed by atoms with van der Waals surface area (Å²) in [5.74, 6) is -1.59. The summed E-state index contributed by atoms with van der Waals surface area (Å²) in [6, 6.07) is 17.0. The Balaban J connectivity index is 1.50. The van der Waals surface area contributed by atoms with Gasteiger partial charge in [0.05, 0.1) is 12.1 Å². The van der Waals surface area contributed by atoms with E-state index in [1.165, 1.54) is 6.07 Å². The number of carbonyl (C=O) groups is 3. The van der Waals surface area contributed by atoms with Gasteiger partial charge in [-0.15, -0.1) is 0 Å². The number of carbonyl (C=O) groups excluding carboxylic acids is 3. The Morgan fingerprint density at radius 2 is 1.70 bits per heavy atom. The molecule has 3 N–H and O–H groups in total. The molecule has 0 saturated carbocycles. The molecule has 0 saturated heterocycles. The average molecular weight is 383 g/mol. The highest BCUT2D eigenvalue weighted by molar-refractivity contribution is 6.31. The number of aromatic nitrogens is 1. The van der Waals surface area contributed by atoms with Crippen LogP contribution in [0.3, 0.4) is 0 Å². The predicted molar refractivity (Wildman–Crippen MR) is 101 cm³/mol. The van der Waals surface area contributed by atoms with Gasteiger partial charge in [-0.1, -0.05) is 41.9 Å². The van der Waals surface area contributed by atoms with Gasteiger partial charge in [0.25, 0.3) is 17.7 Å². The fraction of sp³-hybridized carbons (Fsp3) is 0.0526. The van der Waals surface area contributed by atoms with E-state index in [9.17, 15) is 14.4 Å². The molecule has 3 amide bonds. The van der Waals surface area contributed by atoms with E-state index < -0.39 is 17.7 Å². The lowest BCUT2D eigenvalue weighted by Crippen LogP contribution is -2.46. The molecule has 3 rings (SSSR count). The van der Waals surface area contributed by atoms with Crippen molar-refractivity contribution in [2.45, 2.75) is 0 Å². The first-order valence-electron chi connectivity index (χ1n) is 8.02. The lowest BCUT2D eigenvalue weighted by Gasteiger charge is -2.09. The molecule has 0 fully saturated rings. The molecule has 0 bridgehead atoms. The van der Waals surface area contributed by atoms with Crippen LogP contribution in [0.25, 0.3) is 10.9 Å². The van der Waals surface area contributed by atoms with Crippen LogP contribution in [0.15, 0.2) is 60.7 Å². The number of rotatable bonds is 4. The number of amides is 3. The van der Waals surface area contributed by atoms with Crippen molar-refractivity contribution in [3.8, 4) is 0 Å². The molecule has 136 valence electrons. The second-order valence-corrected chi connectivity index (χ2v) is 6.02. The van der Waals surface area contributed by atoms with E-state index in [4.69, 9.17) is 11.6 Å². The van der Waals surface area contributed by atoms with E-state index in [0.717, 1.165) is 5.39 Å². The highest BCUT2D eigenvalue weighted by Gasteiger charge is 2.11. The number of para-hydroxylation sites is 1. The fourth-order valence-electron chi connectivity index (χ4n) is 2.32. The number of hydrazine groups is 1. The zero-order valence-corrected chi connectivity index (χ0v) is 14.8. The topological polar surface area (TPSA) is 100 Å². The second-order valence-electron chi connectivity index (χ2n) is 5.58. The maximum absolute atomic E-state index is 12.1. The smallest absolute Gasteiger partial charge is 0.288 e. The van der Waals surface area contributed by atoms with Gasteiger partial charge in [0.1, 0.15) is 5.69 Å². The Bertz CT molecular complexity index is 1020. The Morgan fingerprint density at radius 3 is 2.52 bits per heavy atom. The molecular weight excluding hydrogens is 368 g/mol. The Morgan fingerprint density at radius 1 is 0.889 bits per heavy atom. The summed E-state index contributed by atoms with van der Waals surface area (Å²) in [5, 5.41) is 3.76. The number of nitrogens with zero attached hydrogens (tertiary/aromatic N) is 1. The van der Waals surface area contributed by atoms with Crippen molar-refractivity contribution >= 4 is 40.2 Å². The number of fused-ring (bicyclic) bond motifs is 1. The highest BCUT2D eigenvalue weighted by atomic mass is 35.5. The Labute approximate surface area is 159 Å². The third-order valence-electron chi connectivity index (χ3n) is 3.64. The molecule has 2 aromatic carbocycles. The minimum absolute atomic E-state index is 0.164. The van der Waals surface area contributed by atoms with Crippen LogP contribution in [0, 0.1) is 0 Å². The molecule has 7 nitrogen and oxygen atoms in total. The van der Waals surface area contributed by atoms with Crippen molar-refractivity contribution in [1.82, 2.24) is 21.2 Å². The van der Waals surface area contributed by atoms with Gasteiger partial charge in [-0.25, -0.2) is 4.98 Å². The predicted octanol–water partition coefficient (Wildman–Crippen LogP) is 2.08. The number of nitrogens with one attached hydrogen (secondary N) is 3. The molecule has 0 spiro atoms. The highest BCUT2D eigenvalue weighted by Crippen LogP contribution is 2.11. The van der Waals surface area contributed by atoms with E-state index in [1.807, 2.05) is 18.2 Å². The van der Waals surface area contributed by atoms with Crippen molar-refractivity contribution in [3.05, 3.63) is 76.9 Å². The van der Waals surface area contributed by atoms with Crippen LogP contribution < -0.4 is 16.2 Å². The van der Waals surface area contributed by atoms with E-state index in [2.05, 4.69) is 21.2 Å². The van der Waals surface area contributed by atoms with Crippen molar-refractivity contribution in [2.75, 3.05) is 6.54 Å². The summed E-state index contributed by atoms with van der Waals surface area (Å²) in [6.45, 7) is -0.309.